The van der Waals surface area contributed by atoms with Crippen molar-refractivity contribution in [2.24, 2.45) is 4.99 Å². The van der Waals surface area contributed by atoms with Crippen molar-refractivity contribution >= 4 is 35.8 Å². The van der Waals surface area contributed by atoms with Crippen molar-refractivity contribution in [3.63, 3.8) is 0 Å². The quantitative estimate of drug-likeness (QED) is 0.323. The van der Waals surface area contributed by atoms with E-state index in [1.165, 1.54) is 7.05 Å². The number of amides is 1. The molecule has 1 aromatic heterocycles. The van der Waals surface area contributed by atoms with Crippen molar-refractivity contribution in [1.29, 1.82) is 0 Å². The summed E-state index contributed by atoms with van der Waals surface area (Å²) < 4.78 is 42.1. The van der Waals surface area contributed by atoms with Crippen molar-refractivity contribution in [1.82, 2.24) is 20.7 Å². The summed E-state index contributed by atoms with van der Waals surface area (Å²) in [6.07, 6.45) is -2.50. The van der Waals surface area contributed by atoms with Gasteiger partial charge in [0, 0.05) is 26.1 Å². The molecule has 0 spiro atoms. The molecule has 11 heteroatoms. The first-order valence-corrected chi connectivity index (χ1v) is 8.40. The molecule has 0 saturated carbocycles. The second-order valence-corrected chi connectivity index (χ2v) is 5.88. The lowest BCUT2D eigenvalue weighted by molar-refractivity contribution is -0.157. The summed E-state index contributed by atoms with van der Waals surface area (Å²) in [6.45, 7) is 2.86. The summed E-state index contributed by atoms with van der Waals surface area (Å²) in [6, 6.07) is 1.86. The van der Waals surface area contributed by atoms with Gasteiger partial charge < -0.3 is 20.1 Å². The van der Waals surface area contributed by atoms with Gasteiger partial charge in [-0.25, -0.2) is 0 Å². The van der Waals surface area contributed by atoms with Crippen LogP contribution in [0.4, 0.5) is 13.2 Å². The average molecular weight is 505 g/mol. The molecule has 0 unspecified atom stereocenters. The highest BCUT2D eigenvalue weighted by Crippen LogP contribution is 2.22. The third-order valence-corrected chi connectivity index (χ3v) is 3.88. The van der Waals surface area contributed by atoms with Crippen LogP contribution in [0.3, 0.4) is 0 Å². The Bertz CT molecular complexity index is 603. The van der Waals surface area contributed by atoms with Crippen LogP contribution in [0.5, 0.6) is 0 Å². The highest BCUT2D eigenvalue weighted by molar-refractivity contribution is 14.0. The Balaban J connectivity index is 0.00000676. The predicted octanol–water partition coefficient (Wildman–Crippen LogP) is 2.88. The summed E-state index contributed by atoms with van der Waals surface area (Å²) >= 11 is 0. The molecule has 2 N–H and O–H groups in total. The zero-order valence-corrected chi connectivity index (χ0v) is 18.2. The Hall–Kier alpha value is -1.53. The van der Waals surface area contributed by atoms with Crippen molar-refractivity contribution < 1.29 is 22.5 Å². The minimum Gasteiger partial charge on any atom is -0.359 e. The van der Waals surface area contributed by atoms with Crippen molar-refractivity contribution in [2.45, 2.75) is 45.3 Å². The first kappa shape index (κ1) is 25.5. The molecule has 1 amide bonds. The summed E-state index contributed by atoms with van der Waals surface area (Å²) in [5, 5.41) is 9.66. The Morgan fingerprint density at radius 3 is 2.48 bits per heavy atom. The van der Waals surface area contributed by atoms with Crippen LogP contribution in [-0.4, -0.2) is 55.3 Å². The fourth-order valence-corrected chi connectivity index (χ4v) is 2.35. The fourth-order valence-electron chi connectivity index (χ4n) is 2.35. The van der Waals surface area contributed by atoms with Gasteiger partial charge in [-0.3, -0.25) is 9.79 Å². The molecule has 0 atom stereocenters. The topological polar surface area (TPSA) is 82.8 Å². The molecule has 27 heavy (non-hydrogen) atoms. The lowest BCUT2D eigenvalue weighted by Gasteiger charge is -2.19. The smallest absolute Gasteiger partial charge is 0.359 e. The monoisotopic (exact) mass is 505 g/mol. The predicted molar refractivity (Wildman–Crippen MR) is 107 cm³/mol. The standard InChI is InChI=1S/C16H26F3N5O2.HI/c1-5-11(6-2)13-7-12(26-23-13)8-21-15(20-3)22-9-14(25)24(4)10-16(17,18)19;/h7,11H,5-6,8-10H2,1-4H3,(H2,20,21,22);1H. The zero-order valence-electron chi connectivity index (χ0n) is 15.9. The molecule has 0 aliphatic carbocycles. The normalized spacial score (nSPS) is 11.9. The molecular formula is C16H27F3IN5O2. The van der Waals surface area contributed by atoms with Gasteiger partial charge in [0.25, 0.3) is 0 Å². The third kappa shape index (κ3) is 9.29. The summed E-state index contributed by atoms with van der Waals surface area (Å²) in [7, 11) is 2.59. The molecule has 0 bridgehead atoms. The number of alkyl halides is 3. The van der Waals surface area contributed by atoms with E-state index in [-0.39, 0.29) is 36.5 Å². The van der Waals surface area contributed by atoms with Gasteiger partial charge in [-0.1, -0.05) is 19.0 Å². The summed E-state index contributed by atoms with van der Waals surface area (Å²) in [5.41, 5.74) is 0.888. The number of aromatic nitrogens is 1. The average Bonchev–Trinajstić information content (AvgIpc) is 3.03. The summed E-state index contributed by atoms with van der Waals surface area (Å²) in [5.74, 6) is 0.530. The number of halogens is 4. The molecule has 1 rings (SSSR count). The van der Waals surface area contributed by atoms with Gasteiger partial charge in [-0.15, -0.1) is 24.0 Å². The number of hydrogen-bond donors (Lipinski definition) is 2. The largest absolute Gasteiger partial charge is 0.406 e. The molecule has 0 aliphatic heterocycles. The van der Waals surface area contributed by atoms with Crippen LogP contribution in [0, 0.1) is 0 Å². The lowest BCUT2D eigenvalue weighted by atomic mass is 9.99. The second-order valence-electron chi connectivity index (χ2n) is 5.88. The van der Waals surface area contributed by atoms with Crippen LogP contribution in [0.15, 0.2) is 15.6 Å². The van der Waals surface area contributed by atoms with Crippen LogP contribution in [0.2, 0.25) is 0 Å². The maximum Gasteiger partial charge on any atom is 0.406 e. The van der Waals surface area contributed by atoms with Crippen molar-refractivity contribution in [3.8, 4) is 0 Å². The SMILES string of the molecule is CCC(CC)c1cc(CNC(=NC)NCC(=O)N(C)CC(F)(F)F)on1.I. The van der Waals surface area contributed by atoms with Crippen LogP contribution in [-0.2, 0) is 11.3 Å². The number of nitrogens with one attached hydrogen (secondary N) is 2. The van der Waals surface area contributed by atoms with E-state index < -0.39 is 18.6 Å². The third-order valence-electron chi connectivity index (χ3n) is 3.88. The Morgan fingerprint density at radius 1 is 1.33 bits per heavy atom. The molecule has 1 aromatic rings. The van der Waals surface area contributed by atoms with Crippen LogP contribution >= 0.6 is 24.0 Å². The van der Waals surface area contributed by atoms with Crippen LogP contribution in [0.25, 0.3) is 0 Å². The number of carbonyl (C=O) groups excluding carboxylic acids is 1. The van der Waals surface area contributed by atoms with Crippen LogP contribution < -0.4 is 10.6 Å². The minimum absolute atomic E-state index is 0. The number of guanidine groups is 1. The van der Waals surface area contributed by atoms with Gasteiger partial charge in [0.1, 0.15) is 6.54 Å². The van der Waals surface area contributed by atoms with E-state index in [4.69, 9.17) is 4.52 Å². The van der Waals surface area contributed by atoms with E-state index in [9.17, 15) is 18.0 Å². The highest BCUT2D eigenvalue weighted by atomic mass is 127. The highest BCUT2D eigenvalue weighted by Gasteiger charge is 2.31. The van der Waals surface area contributed by atoms with E-state index in [2.05, 4.69) is 34.6 Å². The van der Waals surface area contributed by atoms with Crippen LogP contribution in [0.1, 0.15) is 44.1 Å². The minimum atomic E-state index is -4.43. The molecule has 0 fully saturated rings. The first-order valence-electron chi connectivity index (χ1n) is 8.40. The number of hydrogen-bond acceptors (Lipinski definition) is 4. The van der Waals surface area contributed by atoms with Gasteiger partial charge in [-0.05, 0) is 12.8 Å². The van der Waals surface area contributed by atoms with Crippen molar-refractivity contribution in [3.05, 3.63) is 17.5 Å². The zero-order chi connectivity index (χ0) is 19.7. The molecule has 156 valence electrons. The Labute approximate surface area is 174 Å². The van der Waals surface area contributed by atoms with Crippen molar-refractivity contribution in [2.75, 3.05) is 27.2 Å². The van der Waals surface area contributed by atoms with Gasteiger partial charge in [0.2, 0.25) is 5.91 Å². The van der Waals surface area contributed by atoms with E-state index >= 15 is 0 Å². The fraction of sp³-hybridized carbons (Fsp3) is 0.688. The lowest BCUT2D eigenvalue weighted by Crippen LogP contribution is -2.45. The number of nitrogens with zero attached hydrogens (tertiary/aromatic N) is 3. The van der Waals surface area contributed by atoms with E-state index in [1.807, 2.05) is 6.07 Å². The Morgan fingerprint density at radius 2 is 1.96 bits per heavy atom. The number of aliphatic imine (C=N–C) groups is 1. The molecule has 0 aliphatic rings. The molecular weight excluding hydrogens is 478 g/mol. The Kier molecular flexibility index (Phi) is 11.4. The van der Waals surface area contributed by atoms with E-state index in [0.29, 0.717) is 23.1 Å². The second kappa shape index (κ2) is 12.0. The molecule has 0 aromatic carbocycles. The van der Waals surface area contributed by atoms with Gasteiger partial charge >= 0.3 is 6.18 Å². The summed E-state index contributed by atoms with van der Waals surface area (Å²) in [4.78, 5) is 16.2. The van der Waals surface area contributed by atoms with Gasteiger partial charge in [-0.2, -0.15) is 13.2 Å². The molecule has 0 radical (unpaired) electrons. The number of likely N-dealkylation sites (N-methyl/N-ethyl adjacent to an activating group) is 1. The maximum atomic E-state index is 12.3. The number of rotatable bonds is 8. The van der Waals surface area contributed by atoms with E-state index in [1.54, 1.807) is 0 Å². The molecule has 1 heterocycles. The first-order chi connectivity index (χ1) is 12.2. The molecule has 7 nitrogen and oxygen atoms in total. The van der Waals surface area contributed by atoms with Gasteiger partial charge in [0.05, 0.1) is 18.8 Å². The van der Waals surface area contributed by atoms with Gasteiger partial charge in [0.15, 0.2) is 11.7 Å². The number of carbonyl (C=O) groups is 1. The maximum absolute atomic E-state index is 12.3. The van der Waals surface area contributed by atoms with E-state index in [0.717, 1.165) is 25.6 Å². The molecule has 0 saturated heterocycles.